The molecule has 0 bridgehead atoms. The van der Waals surface area contributed by atoms with Crippen molar-refractivity contribution in [3.05, 3.63) is 0 Å². The van der Waals surface area contributed by atoms with Crippen LogP contribution in [0.4, 0.5) is 0 Å². The maximum atomic E-state index is 13.0. The van der Waals surface area contributed by atoms with E-state index in [4.69, 9.17) is 4.84 Å². The highest BCUT2D eigenvalue weighted by Crippen LogP contribution is 2.38. The number of piperidine rings is 1. The van der Waals surface area contributed by atoms with Gasteiger partial charge in [-0.2, -0.15) is 10.7 Å². The van der Waals surface area contributed by atoms with Crippen LogP contribution < -0.4 is 5.48 Å². The van der Waals surface area contributed by atoms with Crippen molar-refractivity contribution in [3.63, 3.8) is 0 Å². The monoisotopic (exact) mass is 373 g/mol. The first kappa shape index (κ1) is 19.2. The predicted octanol–water partition coefficient (Wildman–Crippen LogP) is 3.80. The van der Waals surface area contributed by atoms with Crippen molar-refractivity contribution in [2.45, 2.75) is 89.2 Å². The number of hydroxylamine groups is 1. The van der Waals surface area contributed by atoms with Gasteiger partial charge in [0, 0.05) is 25.4 Å². The second-order valence-electron chi connectivity index (χ2n) is 9.31. The Morgan fingerprint density at radius 3 is 2.33 bits per heavy atom. The molecule has 2 aliphatic heterocycles. The lowest BCUT2D eigenvalue weighted by Crippen LogP contribution is -2.47. The van der Waals surface area contributed by atoms with E-state index in [-0.39, 0.29) is 29.9 Å². The molecule has 5 heteroatoms. The van der Waals surface area contributed by atoms with Crippen LogP contribution in [0.25, 0.3) is 0 Å². The zero-order valence-corrected chi connectivity index (χ0v) is 16.6. The van der Waals surface area contributed by atoms with E-state index in [9.17, 15) is 10.1 Å². The molecule has 0 aromatic heterocycles. The third-order valence-corrected chi connectivity index (χ3v) is 7.76. The molecule has 0 aromatic carbocycles. The van der Waals surface area contributed by atoms with Crippen LogP contribution in [0.1, 0.15) is 77.0 Å². The Morgan fingerprint density at radius 1 is 0.926 bits per heavy atom. The van der Waals surface area contributed by atoms with E-state index in [1.165, 1.54) is 51.4 Å². The number of carbonyl (C=O) groups excluding carboxylic acids is 1. The minimum Gasteiger partial charge on any atom is -0.341 e. The van der Waals surface area contributed by atoms with Crippen LogP contribution in [-0.4, -0.2) is 36.0 Å². The van der Waals surface area contributed by atoms with Gasteiger partial charge in [0.1, 0.15) is 6.04 Å². The zero-order chi connectivity index (χ0) is 18.6. The van der Waals surface area contributed by atoms with E-state index in [0.29, 0.717) is 0 Å². The minimum absolute atomic E-state index is 0.0173. The summed E-state index contributed by atoms with van der Waals surface area (Å²) >= 11 is 0. The van der Waals surface area contributed by atoms with E-state index >= 15 is 0 Å². The lowest BCUT2D eigenvalue weighted by Gasteiger charge is -2.38. The summed E-state index contributed by atoms with van der Waals surface area (Å²) in [6.45, 7) is 1.82. The average molecular weight is 374 g/mol. The van der Waals surface area contributed by atoms with Gasteiger partial charge < -0.3 is 4.90 Å². The number of nitrogens with one attached hydrogen (secondary N) is 1. The van der Waals surface area contributed by atoms with Crippen molar-refractivity contribution in [2.24, 2.45) is 23.7 Å². The van der Waals surface area contributed by atoms with Gasteiger partial charge in [0.2, 0.25) is 5.91 Å². The zero-order valence-electron chi connectivity index (χ0n) is 16.6. The Morgan fingerprint density at radius 2 is 1.59 bits per heavy atom. The molecule has 0 spiro atoms. The molecular formula is C22H35N3O2. The first-order valence-corrected chi connectivity index (χ1v) is 11.4. The molecule has 4 aliphatic rings. The minimum atomic E-state index is -0.220. The molecule has 4 rings (SSSR count). The smallest absolute Gasteiger partial charge is 0.242 e. The maximum absolute atomic E-state index is 13.0. The van der Waals surface area contributed by atoms with Crippen LogP contribution >= 0.6 is 0 Å². The van der Waals surface area contributed by atoms with Crippen molar-refractivity contribution in [2.75, 3.05) is 13.1 Å². The number of nitriles is 1. The van der Waals surface area contributed by atoms with Crippen LogP contribution in [0, 0.1) is 35.0 Å². The number of rotatable bonds is 3. The van der Waals surface area contributed by atoms with Crippen LogP contribution in [0.3, 0.4) is 0 Å². The summed E-state index contributed by atoms with van der Waals surface area (Å²) in [4.78, 5) is 20.9. The first-order valence-electron chi connectivity index (χ1n) is 11.4. The standard InChI is InChI=1S/C22H35N3O2/c23-15-18-8-4-5-9-19(18)21-14-20(24-27-21)22(26)25-12-10-17(11-13-25)16-6-2-1-3-7-16/h16-21,24H,1-14H2. The topological polar surface area (TPSA) is 65.4 Å². The van der Waals surface area contributed by atoms with Gasteiger partial charge in [-0.05, 0) is 37.5 Å². The van der Waals surface area contributed by atoms with Crippen molar-refractivity contribution in [1.29, 1.82) is 5.26 Å². The predicted molar refractivity (Wildman–Crippen MR) is 103 cm³/mol. The molecular weight excluding hydrogens is 338 g/mol. The molecule has 4 atom stereocenters. The van der Waals surface area contributed by atoms with E-state index in [1.807, 2.05) is 0 Å². The van der Waals surface area contributed by atoms with Crippen LogP contribution in [0.5, 0.6) is 0 Å². The molecule has 2 heterocycles. The molecule has 1 N–H and O–H groups in total. The highest BCUT2D eigenvalue weighted by Gasteiger charge is 2.41. The average Bonchev–Trinajstić information content (AvgIpc) is 3.24. The molecule has 27 heavy (non-hydrogen) atoms. The third-order valence-electron chi connectivity index (χ3n) is 7.76. The molecule has 5 nitrogen and oxygen atoms in total. The molecule has 2 saturated carbocycles. The number of nitrogens with zero attached hydrogens (tertiary/aromatic N) is 2. The quantitative estimate of drug-likeness (QED) is 0.817. The Bertz CT molecular complexity index is 546. The number of carbonyl (C=O) groups is 1. The molecule has 2 aliphatic carbocycles. The van der Waals surface area contributed by atoms with E-state index in [2.05, 4.69) is 16.4 Å². The van der Waals surface area contributed by atoms with Gasteiger partial charge in [-0.15, -0.1) is 0 Å². The Balaban J connectivity index is 1.26. The summed E-state index contributed by atoms with van der Waals surface area (Å²) in [6.07, 6.45) is 14.5. The summed E-state index contributed by atoms with van der Waals surface area (Å²) < 4.78 is 0. The molecule has 4 unspecified atom stereocenters. The Hall–Kier alpha value is -1.12. The van der Waals surface area contributed by atoms with E-state index in [1.54, 1.807) is 0 Å². The van der Waals surface area contributed by atoms with Crippen molar-refractivity contribution in [3.8, 4) is 6.07 Å². The fourth-order valence-electron chi connectivity index (χ4n) is 6.09. The molecule has 4 fully saturated rings. The van der Waals surface area contributed by atoms with Gasteiger partial charge in [-0.1, -0.05) is 44.9 Å². The molecule has 2 saturated heterocycles. The van der Waals surface area contributed by atoms with Crippen LogP contribution in [-0.2, 0) is 9.63 Å². The van der Waals surface area contributed by atoms with Gasteiger partial charge in [-0.3, -0.25) is 9.63 Å². The summed E-state index contributed by atoms with van der Waals surface area (Å²) in [6, 6.07) is 2.25. The highest BCUT2D eigenvalue weighted by atomic mass is 16.7. The second kappa shape index (κ2) is 8.92. The summed E-state index contributed by atoms with van der Waals surface area (Å²) in [5, 5.41) is 9.43. The van der Waals surface area contributed by atoms with E-state index in [0.717, 1.165) is 50.6 Å². The SMILES string of the molecule is N#CC1CCCCC1C1CC(C(=O)N2CCC(C3CCCCC3)CC2)NO1. The molecule has 0 radical (unpaired) electrons. The number of hydrogen-bond acceptors (Lipinski definition) is 4. The number of likely N-dealkylation sites (tertiary alicyclic amines) is 1. The number of hydrogen-bond donors (Lipinski definition) is 1. The normalized spacial score (nSPS) is 36.5. The van der Waals surface area contributed by atoms with Gasteiger partial charge in [-0.25, -0.2) is 0 Å². The van der Waals surface area contributed by atoms with E-state index < -0.39 is 0 Å². The largest absolute Gasteiger partial charge is 0.341 e. The van der Waals surface area contributed by atoms with Gasteiger partial charge in [0.25, 0.3) is 0 Å². The molecule has 0 aromatic rings. The summed E-state index contributed by atoms with van der Waals surface area (Å²) in [5.74, 6) is 2.32. The van der Waals surface area contributed by atoms with Gasteiger partial charge >= 0.3 is 0 Å². The lowest BCUT2D eigenvalue weighted by atomic mass is 9.75. The van der Waals surface area contributed by atoms with Crippen LogP contribution in [0.15, 0.2) is 0 Å². The van der Waals surface area contributed by atoms with Gasteiger partial charge in [0.15, 0.2) is 0 Å². The molecule has 1 amide bonds. The lowest BCUT2D eigenvalue weighted by molar-refractivity contribution is -0.136. The first-order chi connectivity index (χ1) is 13.3. The third kappa shape index (κ3) is 4.32. The molecule has 150 valence electrons. The van der Waals surface area contributed by atoms with Crippen molar-refractivity contribution < 1.29 is 9.63 Å². The Kier molecular flexibility index (Phi) is 6.35. The fraction of sp³-hybridized carbons (Fsp3) is 0.909. The van der Waals surface area contributed by atoms with Crippen LogP contribution in [0.2, 0.25) is 0 Å². The Labute approximate surface area is 163 Å². The highest BCUT2D eigenvalue weighted by molar-refractivity contribution is 5.82. The maximum Gasteiger partial charge on any atom is 0.242 e. The number of amides is 1. The summed E-state index contributed by atoms with van der Waals surface area (Å²) in [5.41, 5.74) is 3.02. The van der Waals surface area contributed by atoms with Gasteiger partial charge in [0.05, 0.1) is 18.1 Å². The van der Waals surface area contributed by atoms with Crippen molar-refractivity contribution in [1.82, 2.24) is 10.4 Å². The van der Waals surface area contributed by atoms with Crippen molar-refractivity contribution >= 4 is 5.91 Å². The summed E-state index contributed by atoms with van der Waals surface area (Å²) in [7, 11) is 0. The second-order valence-corrected chi connectivity index (χ2v) is 9.31. The fourth-order valence-corrected chi connectivity index (χ4v) is 6.09.